The van der Waals surface area contributed by atoms with Crippen LogP contribution in [-0.4, -0.2) is 9.97 Å². The molecule has 11 aromatic carbocycles. The van der Waals surface area contributed by atoms with E-state index >= 15 is 0 Å². The van der Waals surface area contributed by atoms with Gasteiger partial charge in [-0.25, -0.2) is 9.97 Å². The van der Waals surface area contributed by atoms with E-state index < -0.39 is 0 Å². The zero-order chi connectivity index (χ0) is 53.3. The molecule has 0 aliphatic heterocycles. The Balaban J connectivity index is 0.763. The van der Waals surface area contributed by atoms with E-state index in [2.05, 4.69) is 267 Å². The highest BCUT2D eigenvalue weighted by Crippen LogP contribution is 2.46. The number of pyridine rings is 2. The van der Waals surface area contributed by atoms with E-state index in [-0.39, 0.29) is 0 Å². The van der Waals surface area contributed by atoms with Crippen LogP contribution in [0.2, 0.25) is 0 Å². The third-order valence-corrected chi connectivity index (χ3v) is 16.1. The third-order valence-electron chi connectivity index (χ3n) is 16.1. The lowest BCUT2D eigenvalue weighted by atomic mass is 9.84. The van der Waals surface area contributed by atoms with Crippen LogP contribution in [0.5, 0.6) is 0 Å². The monoisotopic (exact) mass is 1000 g/mol. The highest BCUT2D eigenvalue weighted by molar-refractivity contribution is 6.22. The Bertz CT molecular complexity index is 4660. The first kappa shape index (κ1) is 48.4. The molecule has 13 rings (SSSR count). The summed E-state index contributed by atoms with van der Waals surface area (Å²) in [5.41, 5.74) is 26.0. The maximum absolute atomic E-state index is 5.18. The number of fused-ring (bicyclic) bond motifs is 6. The Kier molecular flexibility index (Phi) is 12.0. The van der Waals surface area contributed by atoms with Crippen LogP contribution in [0, 0.1) is 48.5 Å². The molecule has 0 unspecified atom stereocenters. The largest absolute Gasteiger partial charge is 0.248 e. The maximum Gasteiger partial charge on any atom is 0.0712 e. The van der Waals surface area contributed by atoms with Crippen molar-refractivity contribution in [3.8, 4) is 55.9 Å². The van der Waals surface area contributed by atoms with Gasteiger partial charge in [-0.1, -0.05) is 181 Å². The molecule has 2 nitrogen and oxygen atoms in total. The fraction of sp³-hybridized carbons (Fsp3) is 0.105. The minimum Gasteiger partial charge on any atom is -0.248 e. The molecule has 0 fully saturated rings. The summed E-state index contributed by atoms with van der Waals surface area (Å²) in [6, 6.07) is 72.4. The average Bonchev–Trinajstić information content (AvgIpc) is 3.64. The van der Waals surface area contributed by atoms with Crippen molar-refractivity contribution in [1.82, 2.24) is 9.97 Å². The number of allylic oxidation sites excluding steroid dienone is 1. The molecule has 0 saturated heterocycles. The van der Waals surface area contributed by atoms with Crippen LogP contribution < -0.4 is 0 Å². The Labute approximate surface area is 457 Å². The van der Waals surface area contributed by atoms with Gasteiger partial charge < -0.3 is 0 Å². The molecule has 2 heterocycles. The average molecular weight is 1000 g/mol. The zero-order valence-corrected chi connectivity index (χ0v) is 45.7. The molecule has 2 heteroatoms. The Morgan fingerprint density at radius 3 is 1.33 bits per heavy atom. The second-order valence-corrected chi connectivity index (χ2v) is 21.8. The van der Waals surface area contributed by atoms with Gasteiger partial charge in [-0.05, 0) is 225 Å². The molecule has 0 spiro atoms. The maximum atomic E-state index is 5.18. The third kappa shape index (κ3) is 8.84. The number of rotatable bonds is 8. The first-order valence-corrected chi connectivity index (χ1v) is 27.3. The fourth-order valence-corrected chi connectivity index (χ4v) is 12.1. The lowest BCUT2D eigenvalue weighted by molar-refractivity contribution is 1.35. The summed E-state index contributed by atoms with van der Waals surface area (Å²) in [7, 11) is 0. The number of hydrogen-bond acceptors (Lipinski definition) is 2. The number of aryl methyl sites for hydroxylation is 7. The van der Waals surface area contributed by atoms with Crippen LogP contribution in [0.15, 0.2) is 200 Å². The van der Waals surface area contributed by atoms with Crippen molar-refractivity contribution in [2.45, 2.75) is 55.4 Å². The van der Waals surface area contributed by atoms with Crippen LogP contribution >= 0.6 is 0 Å². The quantitative estimate of drug-likeness (QED) is 0.112. The molecule has 0 radical (unpaired) electrons. The van der Waals surface area contributed by atoms with Gasteiger partial charge in [-0.2, -0.15) is 0 Å². The summed E-state index contributed by atoms with van der Waals surface area (Å²) < 4.78 is 0. The zero-order valence-electron chi connectivity index (χ0n) is 45.7. The van der Waals surface area contributed by atoms with Gasteiger partial charge in [0.25, 0.3) is 0 Å². The smallest absolute Gasteiger partial charge is 0.0712 e. The first-order valence-electron chi connectivity index (χ1n) is 27.3. The van der Waals surface area contributed by atoms with E-state index in [4.69, 9.17) is 9.97 Å². The highest BCUT2D eigenvalue weighted by atomic mass is 14.7. The summed E-state index contributed by atoms with van der Waals surface area (Å²) in [6.45, 7) is 17.5. The fourth-order valence-electron chi connectivity index (χ4n) is 12.1. The molecule has 0 aliphatic carbocycles. The predicted molar refractivity (Wildman–Crippen MR) is 337 cm³/mol. The summed E-state index contributed by atoms with van der Waals surface area (Å²) in [5.74, 6) is 0. The van der Waals surface area contributed by atoms with Crippen molar-refractivity contribution in [3.05, 3.63) is 256 Å². The minimum absolute atomic E-state index is 0.977. The molecular formula is C76H60N2. The van der Waals surface area contributed by atoms with Gasteiger partial charge in [-0.15, -0.1) is 0 Å². The van der Waals surface area contributed by atoms with E-state index in [0.29, 0.717) is 0 Å². The van der Waals surface area contributed by atoms with Gasteiger partial charge in [0.05, 0.1) is 22.4 Å². The molecule has 78 heavy (non-hydrogen) atoms. The van der Waals surface area contributed by atoms with E-state index in [9.17, 15) is 0 Å². The molecular weight excluding hydrogens is 941 g/mol. The van der Waals surface area contributed by atoms with E-state index in [1.54, 1.807) is 0 Å². The van der Waals surface area contributed by atoms with Crippen molar-refractivity contribution in [2.75, 3.05) is 0 Å². The first-order chi connectivity index (χ1) is 37.9. The number of aromatic nitrogens is 2. The summed E-state index contributed by atoms with van der Waals surface area (Å²) in [4.78, 5) is 10.3. The predicted octanol–water partition coefficient (Wildman–Crippen LogP) is 21.1. The van der Waals surface area contributed by atoms with Crippen molar-refractivity contribution in [3.63, 3.8) is 0 Å². The van der Waals surface area contributed by atoms with E-state index in [1.165, 1.54) is 132 Å². The second-order valence-electron chi connectivity index (χ2n) is 21.8. The van der Waals surface area contributed by atoms with Gasteiger partial charge in [-0.3, -0.25) is 0 Å². The SMILES string of the molecule is CC=Cc1ccc(-c2cc(C)c3cc(-c4ccc5nc(-c6ccc(C=Cc7cc8ccc(-c9c%10ccc(C)cc%10c(-c%10ccc%11cc(C)cc(C)c%11c%10)c%10ccc(C)cc9%10)cc8cc7C)cc6)cc(C)c5c4)ccc3n2)cc1. The normalized spacial score (nSPS) is 12.0. The van der Waals surface area contributed by atoms with Crippen LogP contribution in [0.1, 0.15) is 62.6 Å². The Morgan fingerprint density at radius 1 is 0.282 bits per heavy atom. The molecule has 0 atom stereocenters. The van der Waals surface area contributed by atoms with Crippen molar-refractivity contribution < 1.29 is 0 Å². The van der Waals surface area contributed by atoms with Crippen molar-refractivity contribution >= 4 is 83.1 Å². The second kappa shape index (κ2) is 19.4. The summed E-state index contributed by atoms with van der Waals surface area (Å²) in [5, 5.41) is 12.5. The lowest BCUT2D eigenvalue weighted by Crippen LogP contribution is -1.93. The number of hydrogen-bond donors (Lipinski definition) is 0. The molecule has 0 N–H and O–H groups in total. The van der Waals surface area contributed by atoms with Crippen molar-refractivity contribution in [1.29, 1.82) is 0 Å². The standard InChI is InChI=1S/C76H60N2/c1-9-10-52-13-18-54(19-14-52)73-38-50(7)67-42-58(27-31-71(67)77-73)59-28-32-72-68(43-59)51(8)39-74(78-72)55-20-15-53(16-21-55)17-22-56-40-57-23-25-61(41-63(57)37-48(56)5)75-64-29-11-46(3)36-70(64)76(65-30-12-45(2)35-69(65)75)62-26-24-60-34-47(4)33-49(6)66(60)44-62/h9-44H,1-8H3. The van der Waals surface area contributed by atoms with Gasteiger partial charge in [0, 0.05) is 21.9 Å². The Morgan fingerprint density at radius 2 is 0.769 bits per heavy atom. The molecule has 0 aliphatic rings. The van der Waals surface area contributed by atoms with Crippen LogP contribution in [-0.2, 0) is 0 Å². The lowest BCUT2D eigenvalue weighted by Gasteiger charge is -2.20. The summed E-state index contributed by atoms with van der Waals surface area (Å²) in [6.07, 6.45) is 8.66. The molecule has 374 valence electrons. The van der Waals surface area contributed by atoms with Gasteiger partial charge >= 0.3 is 0 Å². The topological polar surface area (TPSA) is 25.8 Å². The molecule has 0 amide bonds. The van der Waals surface area contributed by atoms with Crippen LogP contribution in [0.4, 0.5) is 0 Å². The summed E-state index contributed by atoms with van der Waals surface area (Å²) >= 11 is 0. The van der Waals surface area contributed by atoms with Crippen LogP contribution in [0.25, 0.3) is 139 Å². The highest BCUT2D eigenvalue weighted by Gasteiger charge is 2.19. The van der Waals surface area contributed by atoms with Gasteiger partial charge in [0.1, 0.15) is 0 Å². The molecule has 0 saturated carbocycles. The number of benzene rings is 11. The van der Waals surface area contributed by atoms with E-state index in [0.717, 1.165) is 44.5 Å². The van der Waals surface area contributed by atoms with Crippen LogP contribution in [0.3, 0.4) is 0 Å². The molecule has 2 aromatic heterocycles. The molecule has 13 aromatic rings. The van der Waals surface area contributed by atoms with Gasteiger partial charge in [0.2, 0.25) is 0 Å². The Hall–Kier alpha value is -9.24. The van der Waals surface area contributed by atoms with E-state index in [1.807, 2.05) is 6.92 Å². The number of nitrogens with zero attached hydrogens (tertiary/aromatic N) is 2. The molecule has 0 bridgehead atoms. The van der Waals surface area contributed by atoms with Crippen molar-refractivity contribution in [2.24, 2.45) is 0 Å². The minimum atomic E-state index is 0.977. The van der Waals surface area contributed by atoms with Gasteiger partial charge in [0.15, 0.2) is 0 Å².